The molecule has 1 unspecified atom stereocenters. The molecular weight excluding hydrogens is 498 g/mol. The van der Waals surface area contributed by atoms with E-state index in [4.69, 9.17) is 6.42 Å². The zero-order valence-electron chi connectivity index (χ0n) is 18.7. The molecule has 1 heterocycles. The second kappa shape index (κ2) is 11.2. The second-order valence-corrected chi connectivity index (χ2v) is 8.40. The Hall–Kier alpha value is -4.01. The van der Waals surface area contributed by atoms with E-state index in [0.717, 1.165) is 22.5 Å². The predicted octanol–water partition coefficient (Wildman–Crippen LogP) is 4.79. The number of hydrogen-bond acceptors (Lipinski definition) is 3. The molecule has 6 nitrogen and oxygen atoms in total. The molecule has 1 amide bonds. The molecule has 0 bridgehead atoms. The standard InChI is InChI=1S/C25H19F4N3O3S/c1-3-17-13-16(14-20(26)24(17)32(2)36(34)35)15-30-22(33)12-10-19-9-11-21(25(27,28)29)31-23(19)18-7-5-4-6-8-18/h1,4-14H,15H2,2H3,(H,30,33)(H,34,35). The van der Waals surface area contributed by atoms with E-state index in [-0.39, 0.29) is 29.1 Å². The van der Waals surface area contributed by atoms with Crippen molar-refractivity contribution in [1.29, 1.82) is 0 Å². The number of benzene rings is 2. The highest BCUT2D eigenvalue weighted by Gasteiger charge is 2.33. The zero-order valence-corrected chi connectivity index (χ0v) is 19.5. The summed E-state index contributed by atoms with van der Waals surface area (Å²) in [6.07, 6.45) is 3.21. The van der Waals surface area contributed by atoms with E-state index in [0.29, 0.717) is 11.1 Å². The number of halogens is 4. The van der Waals surface area contributed by atoms with Gasteiger partial charge in [-0.3, -0.25) is 13.7 Å². The van der Waals surface area contributed by atoms with Crippen LogP contribution in [0.5, 0.6) is 0 Å². The fourth-order valence-corrected chi connectivity index (χ4v) is 3.61. The van der Waals surface area contributed by atoms with Crippen molar-refractivity contribution in [2.75, 3.05) is 11.4 Å². The summed E-state index contributed by atoms with van der Waals surface area (Å²) in [6.45, 7) is -0.127. The fourth-order valence-electron chi connectivity index (χ4n) is 3.27. The van der Waals surface area contributed by atoms with Gasteiger partial charge < -0.3 is 5.32 Å². The number of anilines is 1. The quantitative estimate of drug-likeness (QED) is 0.204. The molecule has 2 N–H and O–H groups in total. The maximum absolute atomic E-state index is 14.5. The van der Waals surface area contributed by atoms with Gasteiger partial charge in [-0.2, -0.15) is 13.2 Å². The van der Waals surface area contributed by atoms with Crippen LogP contribution in [0.15, 0.2) is 60.7 Å². The highest BCUT2D eigenvalue weighted by Crippen LogP contribution is 2.31. The van der Waals surface area contributed by atoms with Crippen LogP contribution in [0.1, 0.15) is 22.4 Å². The Morgan fingerprint density at radius 3 is 2.53 bits per heavy atom. The Kier molecular flexibility index (Phi) is 8.24. The van der Waals surface area contributed by atoms with Gasteiger partial charge in [-0.1, -0.05) is 42.3 Å². The lowest BCUT2D eigenvalue weighted by Crippen LogP contribution is -2.23. The summed E-state index contributed by atoms with van der Waals surface area (Å²) in [5.74, 6) is 0.792. The van der Waals surface area contributed by atoms with Crippen molar-refractivity contribution in [1.82, 2.24) is 10.3 Å². The van der Waals surface area contributed by atoms with Crippen molar-refractivity contribution in [3.05, 3.63) is 88.9 Å². The average molecular weight is 518 g/mol. The minimum absolute atomic E-state index is 0.0167. The summed E-state index contributed by atoms with van der Waals surface area (Å²) >= 11 is -2.49. The van der Waals surface area contributed by atoms with Gasteiger partial charge in [0.25, 0.3) is 11.3 Å². The Labute approximate surface area is 207 Å². The molecule has 0 radical (unpaired) electrons. The highest BCUT2D eigenvalue weighted by molar-refractivity contribution is 7.80. The molecule has 11 heteroatoms. The Morgan fingerprint density at radius 2 is 1.92 bits per heavy atom. The van der Waals surface area contributed by atoms with Crippen LogP contribution in [0.2, 0.25) is 0 Å². The van der Waals surface area contributed by atoms with Crippen LogP contribution >= 0.6 is 0 Å². The molecule has 2 aromatic carbocycles. The molecule has 186 valence electrons. The number of aromatic nitrogens is 1. The third-order valence-corrected chi connectivity index (χ3v) is 5.62. The molecule has 0 fully saturated rings. The maximum atomic E-state index is 14.5. The van der Waals surface area contributed by atoms with E-state index in [9.17, 15) is 31.1 Å². The van der Waals surface area contributed by atoms with Crippen molar-refractivity contribution in [2.24, 2.45) is 0 Å². The molecule has 1 aromatic heterocycles. The number of pyridine rings is 1. The normalized spacial score (nSPS) is 12.2. The zero-order chi connectivity index (χ0) is 26.5. The fraction of sp³-hybridized carbons (Fsp3) is 0.120. The molecule has 3 rings (SSSR count). The predicted molar refractivity (Wildman–Crippen MR) is 129 cm³/mol. The van der Waals surface area contributed by atoms with Crippen molar-refractivity contribution < 1.29 is 31.1 Å². The number of rotatable bonds is 7. The van der Waals surface area contributed by atoms with Gasteiger partial charge in [-0.15, -0.1) is 6.42 Å². The van der Waals surface area contributed by atoms with Gasteiger partial charge in [0.2, 0.25) is 5.91 Å². The van der Waals surface area contributed by atoms with Crippen LogP contribution in [0.25, 0.3) is 17.3 Å². The largest absolute Gasteiger partial charge is 0.433 e. The van der Waals surface area contributed by atoms with Crippen LogP contribution in [0.4, 0.5) is 23.2 Å². The van der Waals surface area contributed by atoms with Gasteiger partial charge in [-0.25, -0.2) is 13.6 Å². The van der Waals surface area contributed by atoms with Gasteiger partial charge in [0.15, 0.2) is 0 Å². The second-order valence-electron chi connectivity index (χ2n) is 7.40. The molecule has 0 spiro atoms. The van der Waals surface area contributed by atoms with Crippen LogP contribution in [-0.4, -0.2) is 26.7 Å². The third kappa shape index (κ3) is 6.35. The minimum atomic E-state index is -4.63. The first-order valence-electron chi connectivity index (χ1n) is 10.2. The summed E-state index contributed by atoms with van der Waals surface area (Å²) in [6, 6.07) is 12.7. The molecule has 0 aliphatic rings. The van der Waals surface area contributed by atoms with E-state index >= 15 is 0 Å². The van der Waals surface area contributed by atoms with E-state index in [1.165, 1.54) is 25.3 Å². The minimum Gasteiger partial charge on any atom is -0.348 e. The summed E-state index contributed by atoms with van der Waals surface area (Å²) < 4.78 is 75.3. The number of nitrogens with zero attached hydrogens (tertiary/aromatic N) is 2. The van der Waals surface area contributed by atoms with Gasteiger partial charge in [-0.05, 0) is 29.8 Å². The number of carbonyl (C=O) groups is 1. The van der Waals surface area contributed by atoms with E-state index < -0.39 is 34.9 Å². The first-order chi connectivity index (χ1) is 17.0. The molecular formula is C25H19F4N3O3S. The van der Waals surface area contributed by atoms with Crippen molar-refractivity contribution >= 4 is 28.9 Å². The van der Waals surface area contributed by atoms with Crippen LogP contribution in [-0.2, 0) is 28.8 Å². The molecule has 0 saturated carbocycles. The van der Waals surface area contributed by atoms with Gasteiger partial charge >= 0.3 is 6.18 Å². The van der Waals surface area contributed by atoms with Crippen molar-refractivity contribution in [3.8, 4) is 23.6 Å². The maximum Gasteiger partial charge on any atom is 0.433 e. The Bertz CT molecular complexity index is 1370. The molecule has 3 aromatic rings. The van der Waals surface area contributed by atoms with Crippen molar-refractivity contribution in [2.45, 2.75) is 12.7 Å². The van der Waals surface area contributed by atoms with Gasteiger partial charge in [0.1, 0.15) is 17.2 Å². The smallest absolute Gasteiger partial charge is 0.348 e. The monoisotopic (exact) mass is 517 g/mol. The summed E-state index contributed by atoms with van der Waals surface area (Å²) in [5.41, 5.74) is -0.211. The van der Waals surface area contributed by atoms with Crippen LogP contribution in [0.3, 0.4) is 0 Å². The number of hydrogen-bond donors (Lipinski definition) is 2. The van der Waals surface area contributed by atoms with E-state index in [1.807, 2.05) is 0 Å². The third-order valence-electron chi connectivity index (χ3n) is 4.97. The molecule has 0 aliphatic heterocycles. The number of alkyl halides is 3. The first-order valence-corrected chi connectivity index (χ1v) is 11.3. The number of carbonyl (C=O) groups excluding carboxylic acids is 1. The highest BCUT2D eigenvalue weighted by atomic mass is 32.2. The topological polar surface area (TPSA) is 82.5 Å². The van der Waals surface area contributed by atoms with Crippen LogP contribution < -0.4 is 9.62 Å². The van der Waals surface area contributed by atoms with Gasteiger partial charge in [0, 0.05) is 30.8 Å². The number of nitrogens with one attached hydrogen (secondary N) is 1. The lowest BCUT2D eigenvalue weighted by atomic mass is 10.0. The van der Waals surface area contributed by atoms with E-state index in [1.54, 1.807) is 30.3 Å². The van der Waals surface area contributed by atoms with Gasteiger partial charge in [0.05, 0.1) is 11.3 Å². The Morgan fingerprint density at radius 1 is 1.22 bits per heavy atom. The lowest BCUT2D eigenvalue weighted by Gasteiger charge is -2.17. The molecule has 0 aliphatic carbocycles. The van der Waals surface area contributed by atoms with Crippen molar-refractivity contribution in [3.63, 3.8) is 0 Å². The van der Waals surface area contributed by atoms with Crippen LogP contribution in [0, 0.1) is 18.2 Å². The first kappa shape index (κ1) is 26.6. The lowest BCUT2D eigenvalue weighted by molar-refractivity contribution is -0.141. The molecule has 1 atom stereocenters. The SMILES string of the molecule is C#Cc1cc(CNC(=O)C=Cc2ccc(C(F)(F)F)nc2-c2ccccc2)cc(F)c1N(C)S(=O)O. The Balaban J connectivity index is 1.80. The van der Waals surface area contributed by atoms with E-state index in [2.05, 4.69) is 16.2 Å². The summed E-state index contributed by atoms with van der Waals surface area (Å²) in [5, 5.41) is 2.53. The number of terminal acetylenes is 1. The number of amides is 1. The molecule has 0 saturated heterocycles. The summed E-state index contributed by atoms with van der Waals surface area (Å²) in [4.78, 5) is 16.1. The molecule has 36 heavy (non-hydrogen) atoms. The summed E-state index contributed by atoms with van der Waals surface area (Å²) in [7, 11) is 1.20. The average Bonchev–Trinajstić information content (AvgIpc) is 2.85.